The maximum absolute atomic E-state index is 5.96. The molecular formula is C15H21N3O2. The number of ether oxygens (including phenoxy) is 2. The zero-order valence-electron chi connectivity index (χ0n) is 12.3. The highest BCUT2D eigenvalue weighted by Gasteiger charge is 2.11. The minimum Gasteiger partial charge on any atom is -0.490 e. The number of fused-ring (bicyclic) bond motifs is 1. The van der Waals surface area contributed by atoms with Crippen molar-refractivity contribution < 1.29 is 9.47 Å². The lowest BCUT2D eigenvalue weighted by Crippen LogP contribution is -2.03. The van der Waals surface area contributed by atoms with E-state index in [0.29, 0.717) is 36.4 Å². The van der Waals surface area contributed by atoms with Gasteiger partial charge in [-0.25, -0.2) is 9.97 Å². The van der Waals surface area contributed by atoms with Gasteiger partial charge >= 0.3 is 0 Å². The molecule has 5 nitrogen and oxygen atoms in total. The minimum atomic E-state index is 0.468. The van der Waals surface area contributed by atoms with Crippen LogP contribution in [-0.4, -0.2) is 23.2 Å². The van der Waals surface area contributed by atoms with E-state index in [0.717, 1.165) is 23.7 Å². The van der Waals surface area contributed by atoms with Crippen LogP contribution >= 0.6 is 0 Å². The predicted octanol–water partition coefficient (Wildman–Crippen LogP) is 3.10. The number of hydrogen-bond donors (Lipinski definition) is 1. The molecule has 0 fully saturated rings. The molecule has 1 aromatic heterocycles. The van der Waals surface area contributed by atoms with Crippen molar-refractivity contribution in [3.8, 4) is 11.5 Å². The summed E-state index contributed by atoms with van der Waals surface area (Å²) in [7, 11) is 0. The molecule has 0 radical (unpaired) electrons. The Labute approximate surface area is 119 Å². The molecule has 0 amide bonds. The highest BCUT2D eigenvalue weighted by atomic mass is 16.5. The third-order valence-electron chi connectivity index (χ3n) is 2.83. The van der Waals surface area contributed by atoms with Crippen LogP contribution in [0.1, 0.15) is 32.5 Å². The standard InChI is InChI=1S/C15H21N3O2/c1-4-6-19-13-8-11-12(9-14(13)20-7-5-2)17-10(3)18-15(11)16/h8-9H,4-7H2,1-3H3,(H2,16,17,18). The summed E-state index contributed by atoms with van der Waals surface area (Å²) < 4.78 is 11.5. The quantitative estimate of drug-likeness (QED) is 0.877. The Bertz CT molecular complexity index is 599. The summed E-state index contributed by atoms with van der Waals surface area (Å²) in [5.41, 5.74) is 6.74. The molecule has 0 saturated heterocycles. The number of nitrogen functional groups attached to an aromatic ring is 1. The number of nitrogens with zero attached hydrogens (tertiary/aromatic N) is 2. The lowest BCUT2D eigenvalue weighted by Gasteiger charge is -2.14. The number of aryl methyl sites for hydroxylation is 1. The smallest absolute Gasteiger partial charge is 0.163 e. The Morgan fingerprint density at radius 2 is 1.60 bits per heavy atom. The molecule has 2 rings (SSSR count). The predicted molar refractivity (Wildman–Crippen MR) is 80.3 cm³/mol. The van der Waals surface area contributed by atoms with Crippen molar-refractivity contribution in [1.29, 1.82) is 0 Å². The second-order valence-corrected chi connectivity index (χ2v) is 4.67. The number of aromatic nitrogens is 2. The molecule has 2 aromatic rings. The highest BCUT2D eigenvalue weighted by Crippen LogP contribution is 2.34. The van der Waals surface area contributed by atoms with Crippen LogP contribution in [0.25, 0.3) is 10.9 Å². The second-order valence-electron chi connectivity index (χ2n) is 4.67. The summed E-state index contributed by atoms with van der Waals surface area (Å²) >= 11 is 0. The van der Waals surface area contributed by atoms with Gasteiger partial charge in [0.2, 0.25) is 0 Å². The van der Waals surface area contributed by atoms with Gasteiger partial charge in [-0.15, -0.1) is 0 Å². The van der Waals surface area contributed by atoms with Gasteiger partial charge in [0.15, 0.2) is 11.5 Å². The molecule has 20 heavy (non-hydrogen) atoms. The molecule has 1 aromatic carbocycles. The summed E-state index contributed by atoms with van der Waals surface area (Å²) in [6.45, 7) is 7.24. The van der Waals surface area contributed by atoms with E-state index in [1.165, 1.54) is 0 Å². The monoisotopic (exact) mass is 275 g/mol. The molecule has 0 bridgehead atoms. The Kier molecular flexibility index (Phi) is 4.61. The van der Waals surface area contributed by atoms with E-state index in [4.69, 9.17) is 15.2 Å². The number of hydrogen-bond acceptors (Lipinski definition) is 5. The van der Waals surface area contributed by atoms with Crippen molar-refractivity contribution in [3.63, 3.8) is 0 Å². The van der Waals surface area contributed by atoms with E-state index in [9.17, 15) is 0 Å². The van der Waals surface area contributed by atoms with E-state index in [1.54, 1.807) is 0 Å². The SMILES string of the molecule is CCCOc1cc2nc(C)nc(N)c2cc1OCCC. The van der Waals surface area contributed by atoms with Gasteiger partial charge in [0.05, 0.1) is 18.7 Å². The van der Waals surface area contributed by atoms with Crippen molar-refractivity contribution in [2.45, 2.75) is 33.6 Å². The number of rotatable bonds is 6. The second kappa shape index (κ2) is 6.41. The van der Waals surface area contributed by atoms with Gasteiger partial charge in [0, 0.05) is 11.5 Å². The Morgan fingerprint density at radius 1 is 1.00 bits per heavy atom. The average molecular weight is 275 g/mol. The zero-order valence-corrected chi connectivity index (χ0v) is 12.3. The molecular weight excluding hydrogens is 254 g/mol. The first kappa shape index (κ1) is 14.4. The fourth-order valence-electron chi connectivity index (χ4n) is 1.93. The van der Waals surface area contributed by atoms with Gasteiger partial charge < -0.3 is 15.2 Å². The fourth-order valence-corrected chi connectivity index (χ4v) is 1.93. The molecule has 0 aliphatic rings. The van der Waals surface area contributed by atoms with Crippen LogP contribution in [0.2, 0.25) is 0 Å². The Hall–Kier alpha value is -2.04. The van der Waals surface area contributed by atoms with Crippen molar-refractivity contribution in [2.24, 2.45) is 0 Å². The van der Waals surface area contributed by atoms with Crippen LogP contribution in [0.15, 0.2) is 12.1 Å². The Balaban J connectivity index is 2.49. The lowest BCUT2D eigenvalue weighted by atomic mass is 10.2. The lowest BCUT2D eigenvalue weighted by molar-refractivity contribution is 0.269. The van der Waals surface area contributed by atoms with Crippen molar-refractivity contribution in [3.05, 3.63) is 18.0 Å². The molecule has 0 aliphatic heterocycles. The molecule has 0 atom stereocenters. The maximum atomic E-state index is 5.96. The van der Waals surface area contributed by atoms with Gasteiger partial charge in [0.25, 0.3) is 0 Å². The fraction of sp³-hybridized carbons (Fsp3) is 0.467. The summed E-state index contributed by atoms with van der Waals surface area (Å²) in [6.07, 6.45) is 1.88. The Morgan fingerprint density at radius 3 is 2.20 bits per heavy atom. The van der Waals surface area contributed by atoms with Crippen LogP contribution in [0.4, 0.5) is 5.82 Å². The van der Waals surface area contributed by atoms with Gasteiger partial charge in [-0.2, -0.15) is 0 Å². The average Bonchev–Trinajstić information content (AvgIpc) is 2.42. The normalized spacial score (nSPS) is 10.8. The molecule has 1 heterocycles. The third kappa shape index (κ3) is 3.10. The van der Waals surface area contributed by atoms with Gasteiger partial charge in [-0.1, -0.05) is 13.8 Å². The van der Waals surface area contributed by atoms with Gasteiger partial charge in [-0.05, 0) is 25.8 Å². The summed E-state index contributed by atoms with van der Waals surface area (Å²) in [4.78, 5) is 8.59. The first-order valence-electron chi connectivity index (χ1n) is 6.99. The van der Waals surface area contributed by atoms with Gasteiger partial charge in [0.1, 0.15) is 11.6 Å². The van der Waals surface area contributed by atoms with Crippen LogP contribution in [-0.2, 0) is 0 Å². The summed E-state index contributed by atoms with van der Waals surface area (Å²) in [5, 5.41) is 0.797. The summed E-state index contributed by atoms with van der Waals surface area (Å²) in [6, 6.07) is 3.74. The van der Waals surface area contributed by atoms with E-state index < -0.39 is 0 Å². The van der Waals surface area contributed by atoms with Crippen molar-refractivity contribution in [1.82, 2.24) is 9.97 Å². The van der Waals surface area contributed by atoms with Crippen molar-refractivity contribution in [2.75, 3.05) is 18.9 Å². The zero-order chi connectivity index (χ0) is 14.5. The van der Waals surface area contributed by atoms with E-state index in [1.807, 2.05) is 19.1 Å². The van der Waals surface area contributed by atoms with Gasteiger partial charge in [-0.3, -0.25) is 0 Å². The first-order valence-corrected chi connectivity index (χ1v) is 6.99. The number of nitrogens with two attached hydrogens (primary N) is 1. The van der Waals surface area contributed by atoms with Crippen molar-refractivity contribution >= 4 is 16.7 Å². The number of benzene rings is 1. The first-order chi connectivity index (χ1) is 9.65. The van der Waals surface area contributed by atoms with E-state index in [2.05, 4.69) is 23.8 Å². The molecule has 108 valence electrons. The van der Waals surface area contributed by atoms with E-state index in [-0.39, 0.29) is 0 Å². The molecule has 0 unspecified atom stereocenters. The maximum Gasteiger partial charge on any atom is 0.163 e. The van der Waals surface area contributed by atoms with Crippen LogP contribution in [0.5, 0.6) is 11.5 Å². The van der Waals surface area contributed by atoms with Crippen LogP contribution < -0.4 is 15.2 Å². The molecule has 0 aliphatic carbocycles. The largest absolute Gasteiger partial charge is 0.490 e. The van der Waals surface area contributed by atoms with Crippen LogP contribution in [0.3, 0.4) is 0 Å². The summed E-state index contributed by atoms with van der Waals surface area (Å²) in [5.74, 6) is 2.53. The molecule has 0 spiro atoms. The molecule has 0 saturated carbocycles. The molecule has 2 N–H and O–H groups in total. The number of anilines is 1. The third-order valence-corrected chi connectivity index (χ3v) is 2.83. The van der Waals surface area contributed by atoms with Crippen LogP contribution in [0, 0.1) is 6.92 Å². The van der Waals surface area contributed by atoms with E-state index >= 15 is 0 Å². The minimum absolute atomic E-state index is 0.468. The molecule has 5 heteroatoms. The topological polar surface area (TPSA) is 70.3 Å². The highest BCUT2D eigenvalue weighted by molar-refractivity contribution is 5.90.